The van der Waals surface area contributed by atoms with Crippen LogP contribution in [0, 0.1) is 5.92 Å². The molecular formula is C17H26N2O4. The highest BCUT2D eigenvalue weighted by Crippen LogP contribution is 2.27. The number of piperazine rings is 1. The van der Waals surface area contributed by atoms with Crippen LogP contribution in [0.4, 0.5) is 4.79 Å². The van der Waals surface area contributed by atoms with Crippen molar-refractivity contribution in [2.75, 3.05) is 26.2 Å². The molecule has 1 amide bonds. The molecule has 0 spiro atoms. The lowest BCUT2D eigenvalue weighted by atomic mass is 9.85. The molecule has 2 atom stereocenters. The summed E-state index contributed by atoms with van der Waals surface area (Å²) < 4.78 is 5.38. The first-order valence-corrected chi connectivity index (χ1v) is 7.94. The first-order chi connectivity index (χ1) is 10.6. The minimum Gasteiger partial charge on any atom is -0.444 e. The summed E-state index contributed by atoms with van der Waals surface area (Å²) in [6.45, 7) is 9.66. The van der Waals surface area contributed by atoms with E-state index in [4.69, 9.17) is 4.74 Å². The fourth-order valence-electron chi connectivity index (χ4n) is 2.64. The van der Waals surface area contributed by atoms with Crippen molar-refractivity contribution in [3.63, 3.8) is 0 Å². The van der Waals surface area contributed by atoms with E-state index in [-0.39, 0.29) is 6.09 Å². The van der Waals surface area contributed by atoms with E-state index >= 15 is 0 Å². The Kier molecular flexibility index (Phi) is 4.84. The number of aliphatic hydroxyl groups is 1. The number of rotatable bonds is 2. The van der Waals surface area contributed by atoms with E-state index in [1.165, 1.54) is 0 Å². The zero-order valence-corrected chi connectivity index (χ0v) is 14.3. The second-order valence-corrected chi connectivity index (χ2v) is 7.27. The molecule has 6 heteroatoms. The van der Waals surface area contributed by atoms with Crippen LogP contribution in [-0.2, 0) is 9.53 Å². The third kappa shape index (κ3) is 4.34. The Bertz CT molecular complexity index is 523. The summed E-state index contributed by atoms with van der Waals surface area (Å²) in [7, 11) is 0. The monoisotopic (exact) mass is 322 g/mol. The van der Waals surface area contributed by atoms with Crippen molar-refractivity contribution in [1.82, 2.24) is 9.80 Å². The largest absolute Gasteiger partial charge is 0.444 e. The molecule has 2 unspecified atom stereocenters. The molecule has 0 aromatic heterocycles. The lowest BCUT2D eigenvalue weighted by Crippen LogP contribution is -2.50. The van der Waals surface area contributed by atoms with Gasteiger partial charge in [-0.3, -0.25) is 0 Å². The molecule has 0 bridgehead atoms. The highest BCUT2D eigenvalue weighted by atomic mass is 16.6. The minimum absolute atomic E-state index is 0.293. The Balaban J connectivity index is 1.95. The summed E-state index contributed by atoms with van der Waals surface area (Å²) >= 11 is 0. The first-order valence-electron chi connectivity index (χ1n) is 7.94. The fourth-order valence-corrected chi connectivity index (χ4v) is 2.64. The molecule has 1 aliphatic heterocycles. The SMILES string of the molecule is CC(C)(C)OC(=O)N1CCN(C2=CC(C=O)C(C)(O)C=C2)CC1. The Hall–Kier alpha value is -1.82. The molecule has 0 radical (unpaired) electrons. The van der Waals surface area contributed by atoms with E-state index in [9.17, 15) is 14.7 Å². The molecule has 0 aromatic carbocycles. The third-order valence-corrected chi connectivity index (χ3v) is 4.06. The van der Waals surface area contributed by atoms with Gasteiger partial charge in [0, 0.05) is 31.9 Å². The predicted molar refractivity (Wildman–Crippen MR) is 86.8 cm³/mol. The standard InChI is InChI=1S/C17H26N2O4/c1-16(2,3)23-15(21)19-9-7-18(8-10-19)14-5-6-17(4,22)13(11-14)12-20/h5-6,11-13,22H,7-10H2,1-4H3. The van der Waals surface area contributed by atoms with Gasteiger partial charge in [0.25, 0.3) is 0 Å². The van der Waals surface area contributed by atoms with Crippen LogP contribution >= 0.6 is 0 Å². The zero-order chi connectivity index (χ0) is 17.3. The second-order valence-electron chi connectivity index (χ2n) is 7.27. The number of ether oxygens (including phenoxy) is 1. The van der Waals surface area contributed by atoms with Crippen LogP contribution in [0.3, 0.4) is 0 Å². The van der Waals surface area contributed by atoms with E-state index in [1.807, 2.05) is 26.8 Å². The first kappa shape index (κ1) is 17.5. The Morgan fingerprint density at radius 3 is 2.48 bits per heavy atom. The van der Waals surface area contributed by atoms with Gasteiger partial charge in [0.15, 0.2) is 0 Å². The number of hydrogen-bond donors (Lipinski definition) is 1. The topological polar surface area (TPSA) is 70.1 Å². The summed E-state index contributed by atoms with van der Waals surface area (Å²) in [4.78, 5) is 27.0. The Morgan fingerprint density at radius 2 is 1.96 bits per heavy atom. The summed E-state index contributed by atoms with van der Waals surface area (Å²) in [6, 6.07) is 0. The molecule has 1 aliphatic carbocycles. The Labute approximate surface area is 137 Å². The van der Waals surface area contributed by atoms with Crippen molar-refractivity contribution in [3.05, 3.63) is 23.9 Å². The van der Waals surface area contributed by atoms with Crippen LogP contribution in [0.25, 0.3) is 0 Å². The van der Waals surface area contributed by atoms with E-state index in [0.717, 1.165) is 12.0 Å². The Morgan fingerprint density at radius 1 is 1.35 bits per heavy atom. The van der Waals surface area contributed by atoms with Gasteiger partial charge < -0.3 is 24.4 Å². The maximum absolute atomic E-state index is 12.1. The number of amides is 1. The average molecular weight is 322 g/mol. The van der Waals surface area contributed by atoms with Crippen LogP contribution in [0.15, 0.2) is 23.9 Å². The van der Waals surface area contributed by atoms with E-state index in [0.29, 0.717) is 26.2 Å². The number of hydrogen-bond acceptors (Lipinski definition) is 5. The van der Waals surface area contributed by atoms with Gasteiger partial charge in [-0.2, -0.15) is 0 Å². The van der Waals surface area contributed by atoms with Crippen LogP contribution in [0.5, 0.6) is 0 Å². The minimum atomic E-state index is -1.14. The van der Waals surface area contributed by atoms with Crippen molar-refractivity contribution in [3.8, 4) is 0 Å². The molecule has 2 rings (SSSR count). The summed E-state index contributed by atoms with van der Waals surface area (Å²) in [5.74, 6) is -0.550. The van der Waals surface area contributed by atoms with Gasteiger partial charge in [0.1, 0.15) is 11.9 Å². The van der Waals surface area contributed by atoms with Crippen molar-refractivity contribution in [2.45, 2.75) is 38.9 Å². The zero-order valence-electron chi connectivity index (χ0n) is 14.3. The molecule has 0 aromatic rings. The van der Waals surface area contributed by atoms with Crippen LogP contribution in [-0.4, -0.2) is 64.7 Å². The molecule has 6 nitrogen and oxygen atoms in total. The molecule has 23 heavy (non-hydrogen) atoms. The predicted octanol–water partition coefficient (Wildman–Crippen LogP) is 1.56. The summed E-state index contributed by atoms with van der Waals surface area (Å²) in [6.07, 6.45) is 5.75. The van der Waals surface area contributed by atoms with Gasteiger partial charge in [-0.25, -0.2) is 4.79 Å². The van der Waals surface area contributed by atoms with Crippen molar-refractivity contribution < 1.29 is 19.4 Å². The van der Waals surface area contributed by atoms with Crippen LogP contribution in [0.2, 0.25) is 0 Å². The van der Waals surface area contributed by atoms with Gasteiger partial charge in [-0.1, -0.05) is 6.08 Å². The number of carbonyl (C=O) groups is 2. The molecule has 2 aliphatic rings. The van der Waals surface area contributed by atoms with Crippen molar-refractivity contribution >= 4 is 12.4 Å². The molecular weight excluding hydrogens is 296 g/mol. The van der Waals surface area contributed by atoms with Crippen LogP contribution in [0.1, 0.15) is 27.7 Å². The van der Waals surface area contributed by atoms with Crippen molar-refractivity contribution in [2.24, 2.45) is 5.92 Å². The molecule has 1 fully saturated rings. The maximum Gasteiger partial charge on any atom is 0.410 e. The highest BCUT2D eigenvalue weighted by molar-refractivity contribution is 5.68. The average Bonchev–Trinajstić information content (AvgIpc) is 2.45. The summed E-state index contributed by atoms with van der Waals surface area (Å²) in [5.41, 5.74) is -0.715. The number of aldehydes is 1. The van der Waals surface area contributed by atoms with Crippen molar-refractivity contribution in [1.29, 1.82) is 0 Å². The molecule has 1 saturated heterocycles. The number of nitrogens with zero attached hydrogens (tertiary/aromatic N) is 2. The normalized spacial score (nSPS) is 28.4. The number of allylic oxidation sites excluding steroid dienone is 1. The van der Waals surface area contributed by atoms with Gasteiger partial charge >= 0.3 is 6.09 Å². The fraction of sp³-hybridized carbons (Fsp3) is 0.647. The highest BCUT2D eigenvalue weighted by Gasteiger charge is 2.32. The van der Waals surface area contributed by atoms with Gasteiger partial charge in [0.05, 0.1) is 11.5 Å². The van der Waals surface area contributed by atoms with Gasteiger partial charge in [-0.15, -0.1) is 0 Å². The van der Waals surface area contributed by atoms with E-state index in [2.05, 4.69) is 4.90 Å². The number of carbonyl (C=O) groups excluding carboxylic acids is 2. The molecule has 128 valence electrons. The van der Waals surface area contributed by atoms with Crippen LogP contribution < -0.4 is 0 Å². The summed E-state index contributed by atoms with van der Waals surface area (Å²) in [5, 5.41) is 10.1. The molecule has 1 heterocycles. The quantitative estimate of drug-likeness (QED) is 0.781. The smallest absolute Gasteiger partial charge is 0.410 e. The van der Waals surface area contributed by atoms with E-state index < -0.39 is 17.1 Å². The lowest BCUT2D eigenvalue weighted by Gasteiger charge is -2.39. The maximum atomic E-state index is 12.1. The van der Waals surface area contributed by atoms with Gasteiger partial charge in [-0.05, 0) is 39.8 Å². The second kappa shape index (κ2) is 6.35. The molecule has 0 saturated carbocycles. The third-order valence-electron chi connectivity index (χ3n) is 4.06. The van der Waals surface area contributed by atoms with Gasteiger partial charge in [0.2, 0.25) is 0 Å². The van der Waals surface area contributed by atoms with E-state index in [1.54, 1.807) is 24.0 Å². The lowest BCUT2D eigenvalue weighted by molar-refractivity contribution is -0.114. The molecule has 1 N–H and O–H groups in total.